The van der Waals surface area contributed by atoms with E-state index in [1.807, 2.05) is 6.07 Å². The molecule has 0 spiro atoms. The Morgan fingerprint density at radius 1 is 1.03 bits per heavy atom. The number of carbonyl (C=O) groups is 1. The molecule has 3 aromatic rings. The molecule has 184 valence electrons. The van der Waals surface area contributed by atoms with Gasteiger partial charge in [0.25, 0.3) is 5.91 Å². The molecule has 0 saturated carbocycles. The van der Waals surface area contributed by atoms with Crippen LogP contribution in [-0.2, 0) is 16.6 Å². The topological polar surface area (TPSA) is 96.9 Å². The van der Waals surface area contributed by atoms with Crippen molar-refractivity contribution in [2.24, 2.45) is 0 Å². The number of amides is 1. The smallest absolute Gasteiger partial charge is 0.258 e. The molecule has 1 aromatic carbocycles. The number of aromatic nitrogens is 2. The molecular weight excluding hydrogens is 466 g/mol. The number of ether oxygens (including phenoxy) is 2. The lowest BCUT2D eigenvalue weighted by Gasteiger charge is -2.33. The van der Waals surface area contributed by atoms with Crippen molar-refractivity contribution >= 4 is 28.2 Å². The van der Waals surface area contributed by atoms with Crippen molar-refractivity contribution in [3.8, 4) is 11.5 Å². The number of nitrogens with zero attached hydrogens (tertiary/aromatic N) is 4. The van der Waals surface area contributed by atoms with Crippen LogP contribution in [0, 0.1) is 0 Å². The molecule has 1 aliphatic heterocycles. The summed E-state index contributed by atoms with van der Waals surface area (Å²) in [5, 5.41) is 3.13. The minimum Gasteiger partial charge on any atom is -0.497 e. The molecule has 1 amide bonds. The first-order valence-corrected chi connectivity index (χ1v) is 12.6. The Labute approximate surface area is 207 Å². The van der Waals surface area contributed by atoms with Gasteiger partial charge in [-0.1, -0.05) is 6.07 Å². The van der Waals surface area contributed by atoms with E-state index in [0.717, 1.165) is 37.6 Å². The second-order valence-electron chi connectivity index (χ2n) is 8.17. The fraction of sp³-hybridized carbons (Fsp3) is 0.320. The van der Waals surface area contributed by atoms with Gasteiger partial charge in [-0.2, -0.15) is 0 Å². The molecule has 2 aromatic heterocycles. The summed E-state index contributed by atoms with van der Waals surface area (Å²) >= 11 is 0. The predicted octanol–water partition coefficient (Wildman–Crippen LogP) is 2.81. The van der Waals surface area contributed by atoms with E-state index in [1.165, 1.54) is 6.20 Å². The summed E-state index contributed by atoms with van der Waals surface area (Å²) in [6.45, 7) is 3.67. The van der Waals surface area contributed by atoms with Crippen molar-refractivity contribution in [3.63, 3.8) is 0 Å². The van der Waals surface area contributed by atoms with E-state index in [9.17, 15) is 9.00 Å². The van der Waals surface area contributed by atoms with Crippen molar-refractivity contribution in [1.29, 1.82) is 0 Å². The second-order valence-corrected chi connectivity index (χ2v) is 9.54. The van der Waals surface area contributed by atoms with Gasteiger partial charge in [0.15, 0.2) is 0 Å². The summed E-state index contributed by atoms with van der Waals surface area (Å²) in [5.41, 5.74) is 1.61. The molecular formula is C25H29N5O4S. The molecule has 3 heterocycles. The van der Waals surface area contributed by atoms with E-state index < -0.39 is 10.8 Å². The summed E-state index contributed by atoms with van der Waals surface area (Å²) in [4.78, 5) is 26.4. The summed E-state index contributed by atoms with van der Waals surface area (Å²) < 4.78 is 23.9. The van der Waals surface area contributed by atoms with Gasteiger partial charge in [0.05, 0.1) is 36.3 Å². The van der Waals surface area contributed by atoms with E-state index in [1.54, 1.807) is 56.8 Å². The molecule has 35 heavy (non-hydrogen) atoms. The number of benzene rings is 1. The first-order valence-electron chi connectivity index (χ1n) is 11.2. The quantitative estimate of drug-likeness (QED) is 0.510. The maximum atomic E-state index is 13.3. The Morgan fingerprint density at radius 2 is 1.83 bits per heavy atom. The minimum atomic E-state index is -1.57. The zero-order valence-corrected chi connectivity index (χ0v) is 20.9. The van der Waals surface area contributed by atoms with Gasteiger partial charge in [0.2, 0.25) is 0 Å². The van der Waals surface area contributed by atoms with Crippen LogP contribution in [0.5, 0.6) is 11.5 Å². The number of anilines is 2. The molecule has 0 radical (unpaired) electrons. The summed E-state index contributed by atoms with van der Waals surface area (Å²) in [6, 6.07) is 12.2. The zero-order valence-electron chi connectivity index (χ0n) is 20.1. The lowest BCUT2D eigenvalue weighted by atomic mass is 10.2. The monoisotopic (exact) mass is 495 g/mol. The van der Waals surface area contributed by atoms with Gasteiger partial charge in [-0.05, 0) is 31.3 Å². The van der Waals surface area contributed by atoms with Crippen molar-refractivity contribution in [1.82, 2.24) is 14.9 Å². The predicted molar refractivity (Wildman–Crippen MR) is 136 cm³/mol. The summed E-state index contributed by atoms with van der Waals surface area (Å²) in [5.74, 6) is 1.79. The standard InChI is InChI=1S/C25H29N5O4S/c1-29-11-13-30(14-12-29)23-15-19(8-10-26-23)28-24(31)21-5-4-9-27-25(21)35(32)17-18-6-7-20(33-2)16-22(18)34-3/h4-10,15-16H,11-14,17H2,1-3H3,(H,26,28,31). The SMILES string of the molecule is COc1ccc(CS(=O)c2ncccc2C(=O)Nc2ccnc(N3CCN(C)CC3)c2)c(OC)c1. The van der Waals surface area contributed by atoms with Crippen molar-refractivity contribution in [2.75, 3.05) is 57.7 Å². The van der Waals surface area contributed by atoms with Crippen LogP contribution >= 0.6 is 0 Å². The highest BCUT2D eigenvalue weighted by atomic mass is 32.2. The van der Waals surface area contributed by atoms with Crippen LogP contribution in [0.15, 0.2) is 59.9 Å². The molecule has 1 unspecified atom stereocenters. The fourth-order valence-electron chi connectivity index (χ4n) is 3.83. The van der Waals surface area contributed by atoms with E-state index in [4.69, 9.17) is 9.47 Å². The van der Waals surface area contributed by atoms with Crippen molar-refractivity contribution in [3.05, 3.63) is 66.0 Å². The van der Waals surface area contributed by atoms with E-state index >= 15 is 0 Å². The Bertz CT molecular complexity index is 1210. The van der Waals surface area contributed by atoms with E-state index in [0.29, 0.717) is 17.2 Å². The number of methoxy groups -OCH3 is 2. The Hall–Kier alpha value is -3.50. The summed E-state index contributed by atoms with van der Waals surface area (Å²) in [6.07, 6.45) is 3.22. The number of likely N-dealkylation sites (N-methyl/N-ethyl adjacent to an activating group) is 1. The van der Waals surface area contributed by atoms with Crippen LogP contribution in [0.25, 0.3) is 0 Å². The molecule has 0 aliphatic carbocycles. The van der Waals surface area contributed by atoms with Crippen LogP contribution in [0.2, 0.25) is 0 Å². The number of hydrogen-bond acceptors (Lipinski definition) is 8. The maximum Gasteiger partial charge on any atom is 0.258 e. The molecule has 0 bridgehead atoms. The molecule has 1 saturated heterocycles. The average Bonchev–Trinajstić information content (AvgIpc) is 2.89. The van der Waals surface area contributed by atoms with E-state index in [2.05, 4.69) is 32.1 Å². The van der Waals surface area contributed by atoms with Crippen molar-refractivity contribution in [2.45, 2.75) is 10.8 Å². The van der Waals surface area contributed by atoms with Gasteiger partial charge in [0.1, 0.15) is 22.3 Å². The third kappa shape index (κ3) is 5.95. The van der Waals surface area contributed by atoms with Gasteiger partial charge in [-0.3, -0.25) is 9.00 Å². The van der Waals surface area contributed by atoms with E-state index in [-0.39, 0.29) is 22.2 Å². The van der Waals surface area contributed by atoms with Gasteiger partial charge < -0.3 is 24.6 Å². The van der Waals surface area contributed by atoms with Gasteiger partial charge in [-0.25, -0.2) is 9.97 Å². The number of carbonyl (C=O) groups excluding carboxylic acids is 1. The van der Waals surface area contributed by atoms with Gasteiger partial charge in [0, 0.05) is 62.0 Å². The van der Waals surface area contributed by atoms with Crippen LogP contribution in [0.1, 0.15) is 15.9 Å². The number of hydrogen-bond donors (Lipinski definition) is 1. The molecule has 1 N–H and O–H groups in total. The highest BCUT2D eigenvalue weighted by Gasteiger charge is 2.20. The number of piperazine rings is 1. The van der Waals surface area contributed by atoms with Crippen LogP contribution in [-0.4, -0.2) is 72.4 Å². The Balaban J connectivity index is 1.51. The highest BCUT2D eigenvalue weighted by molar-refractivity contribution is 7.84. The van der Waals surface area contributed by atoms with Crippen LogP contribution in [0.4, 0.5) is 11.5 Å². The van der Waals surface area contributed by atoms with Crippen molar-refractivity contribution < 1.29 is 18.5 Å². The maximum absolute atomic E-state index is 13.3. The fourth-order valence-corrected chi connectivity index (χ4v) is 5.07. The lowest BCUT2D eigenvalue weighted by molar-refractivity contribution is 0.102. The molecule has 9 nitrogen and oxygen atoms in total. The molecule has 4 rings (SSSR count). The molecule has 10 heteroatoms. The number of rotatable bonds is 8. The first kappa shape index (κ1) is 24.6. The molecule has 1 fully saturated rings. The number of nitrogens with one attached hydrogen (secondary N) is 1. The normalized spacial score (nSPS) is 14.9. The Kier molecular flexibility index (Phi) is 7.94. The van der Waals surface area contributed by atoms with Gasteiger partial charge in [-0.15, -0.1) is 0 Å². The average molecular weight is 496 g/mol. The van der Waals surface area contributed by atoms with Gasteiger partial charge >= 0.3 is 0 Å². The summed E-state index contributed by atoms with van der Waals surface area (Å²) in [7, 11) is 3.64. The minimum absolute atomic E-state index is 0.146. The third-order valence-corrected chi connectivity index (χ3v) is 7.17. The lowest BCUT2D eigenvalue weighted by Crippen LogP contribution is -2.44. The number of pyridine rings is 2. The second kappa shape index (κ2) is 11.3. The van der Waals surface area contributed by atoms with Crippen LogP contribution < -0.4 is 19.7 Å². The third-order valence-electron chi connectivity index (χ3n) is 5.84. The molecule has 1 atom stereocenters. The van der Waals surface area contributed by atoms with Crippen LogP contribution in [0.3, 0.4) is 0 Å². The highest BCUT2D eigenvalue weighted by Crippen LogP contribution is 2.27. The Morgan fingerprint density at radius 3 is 2.57 bits per heavy atom. The zero-order chi connectivity index (χ0) is 24.8. The largest absolute Gasteiger partial charge is 0.497 e. The molecule has 1 aliphatic rings. The first-order chi connectivity index (χ1) is 17.0.